The number of nitrogens with two attached hydrogens (primary N) is 1. The maximum absolute atomic E-state index is 12.4. The van der Waals surface area contributed by atoms with Crippen LogP contribution in [0.2, 0.25) is 0 Å². The highest BCUT2D eigenvalue weighted by atomic mass is 16.2. The number of carbonyl (C=O) groups excluding carboxylic acids is 2. The number of amides is 2. The molecular weight excluding hydrogens is 254 g/mol. The lowest BCUT2D eigenvalue weighted by atomic mass is 10.0. The number of nitrogens with zero attached hydrogens (tertiary/aromatic N) is 1. The maximum atomic E-state index is 12.4. The van der Waals surface area contributed by atoms with Gasteiger partial charge in [-0.15, -0.1) is 0 Å². The molecular formula is C15H17N3O2. The van der Waals surface area contributed by atoms with E-state index < -0.39 is 0 Å². The summed E-state index contributed by atoms with van der Waals surface area (Å²) >= 11 is 0. The van der Waals surface area contributed by atoms with Crippen molar-refractivity contribution in [3.8, 4) is 11.8 Å². The Labute approximate surface area is 118 Å². The summed E-state index contributed by atoms with van der Waals surface area (Å²) in [5, 5.41) is 2.70. The second kappa shape index (κ2) is 6.22. The van der Waals surface area contributed by atoms with E-state index in [0.717, 1.165) is 11.1 Å². The molecule has 0 aromatic heterocycles. The zero-order chi connectivity index (χ0) is 14.5. The first-order chi connectivity index (χ1) is 9.61. The molecule has 1 saturated heterocycles. The molecule has 2 amide bonds. The summed E-state index contributed by atoms with van der Waals surface area (Å²) in [5.74, 6) is 5.47. The van der Waals surface area contributed by atoms with Crippen molar-refractivity contribution in [2.45, 2.75) is 6.92 Å². The van der Waals surface area contributed by atoms with E-state index in [2.05, 4.69) is 17.2 Å². The van der Waals surface area contributed by atoms with E-state index >= 15 is 0 Å². The zero-order valence-electron chi connectivity index (χ0n) is 11.4. The van der Waals surface area contributed by atoms with E-state index in [1.807, 2.05) is 13.0 Å². The minimum atomic E-state index is -0.143. The molecule has 104 valence electrons. The van der Waals surface area contributed by atoms with Crippen LogP contribution in [0.5, 0.6) is 0 Å². The van der Waals surface area contributed by atoms with Gasteiger partial charge in [0.05, 0.1) is 13.1 Å². The third kappa shape index (κ3) is 3.16. The van der Waals surface area contributed by atoms with E-state index in [4.69, 9.17) is 5.73 Å². The van der Waals surface area contributed by atoms with Gasteiger partial charge in [-0.25, -0.2) is 0 Å². The Morgan fingerprint density at radius 3 is 3.00 bits per heavy atom. The fraction of sp³-hybridized carbons (Fsp3) is 0.333. The molecule has 0 bridgehead atoms. The molecule has 1 aliphatic rings. The monoisotopic (exact) mass is 271 g/mol. The predicted octanol–water partition coefficient (Wildman–Crippen LogP) is -0.123. The van der Waals surface area contributed by atoms with Crippen LogP contribution >= 0.6 is 0 Å². The van der Waals surface area contributed by atoms with Gasteiger partial charge in [-0.05, 0) is 24.6 Å². The van der Waals surface area contributed by atoms with Crippen LogP contribution in [0.4, 0.5) is 0 Å². The topological polar surface area (TPSA) is 75.4 Å². The largest absolute Gasteiger partial charge is 0.353 e. The molecule has 5 nitrogen and oxygen atoms in total. The molecule has 2 rings (SSSR count). The van der Waals surface area contributed by atoms with Gasteiger partial charge < -0.3 is 16.0 Å². The van der Waals surface area contributed by atoms with Gasteiger partial charge >= 0.3 is 0 Å². The van der Waals surface area contributed by atoms with E-state index in [1.165, 1.54) is 0 Å². The van der Waals surface area contributed by atoms with Crippen LogP contribution in [0.15, 0.2) is 18.2 Å². The summed E-state index contributed by atoms with van der Waals surface area (Å²) < 4.78 is 0. The lowest BCUT2D eigenvalue weighted by molar-refractivity contribution is -0.123. The van der Waals surface area contributed by atoms with E-state index in [-0.39, 0.29) is 24.9 Å². The minimum absolute atomic E-state index is 0.108. The van der Waals surface area contributed by atoms with Crippen LogP contribution in [0.3, 0.4) is 0 Å². The number of aryl methyl sites for hydroxylation is 1. The first-order valence-electron chi connectivity index (χ1n) is 6.47. The average molecular weight is 271 g/mol. The summed E-state index contributed by atoms with van der Waals surface area (Å²) in [6.45, 7) is 3.35. The first kappa shape index (κ1) is 14.1. The molecule has 0 saturated carbocycles. The van der Waals surface area contributed by atoms with Crippen molar-refractivity contribution in [3.63, 3.8) is 0 Å². The molecule has 1 heterocycles. The van der Waals surface area contributed by atoms with Crippen LogP contribution in [0, 0.1) is 18.8 Å². The third-order valence-electron chi connectivity index (χ3n) is 3.14. The van der Waals surface area contributed by atoms with Crippen LogP contribution < -0.4 is 11.1 Å². The highest BCUT2D eigenvalue weighted by molar-refractivity contribution is 5.97. The van der Waals surface area contributed by atoms with Gasteiger partial charge in [-0.2, -0.15) is 0 Å². The molecule has 1 fully saturated rings. The van der Waals surface area contributed by atoms with Gasteiger partial charge in [0.15, 0.2) is 0 Å². The molecule has 0 spiro atoms. The third-order valence-corrected chi connectivity index (χ3v) is 3.14. The Morgan fingerprint density at radius 2 is 2.30 bits per heavy atom. The molecule has 1 aliphatic heterocycles. The fourth-order valence-electron chi connectivity index (χ4n) is 2.03. The summed E-state index contributed by atoms with van der Waals surface area (Å²) in [6, 6.07) is 5.38. The lowest BCUT2D eigenvalue weighted by Crippen LogP contribution is -2.49. The van der Waals surface area contributed by atoms with Gasteiger partial charge in [-0.3, -0.25) is 9.59 Å². The summed E-state index contributed by atoms with van der Waals surface area (Å²) in [7, 11) is 0. The quantitative estimate of drug-likeness (QED) is 0.699. The highest BCUT2D eigenvalue weighted by Crippen LogP contribution is 2.13. The van der Waals surface area contributed by atoms with Crippen molar-refractivity contribution < 1.29 is 9.59 Å². The summed E-state index contributed by atoms with van der Waals surface area (Å²) in [6.07, 6.45) is 0. The summed E-state index contributed by atoms with van der Waals surface area (Å²) in [4.78, 5) is 25.2. The number of hydrogen-bond acceptors (Lipinski definition) is 3. The Bertz CT molecular complexity index is 599. The zero-order valence-corrected chi connectivity index (χ0v) is 11.4. The van der Waals surface area contributed by atoms with Gasteiger partial charge in [0, 0.05) is 24.2 Å². The molecule has 3 N–H and O–H groups in total. The van der Waals surface area contributed by atoms with Crippen molar-refractivity contribution in [1.82, 2.24) is 10.2 Å². The summed E-state index contributed by atoms with van der Waals surface area (Å²) in [5.41, 5.74) is 7.70. The normalized spacial score (nSPS) is 14.3. The van der Waals surface area contributed by atoms with Crippen LogP contribution in [-0.4, -0.2) is 42.9 Å². The Kier molecular flexibility index (Phi) is 4.38. The van der Waals surface area contributed by atoms with Crippen LogP contribution in [0.1, 0.15) is 21.5 Å². The van der Waals surface area contributed by atoms with Gasteiger partial charge in [0.2, 0.25) is 5.91 Å². The molecule has 0 atom stereocenters. The molecule has 20 heavy (non-hydrogen) atoms. The van der Waals surface area contributed by atoms with Crippen molar-refractivity contribution in [2.75, 3.05) is 26.2 Å². The maximum Gasteiger partial charge on any atom is 0.254 e. The van der Waals surface area contributed by atoms with Gasteiger partial charge in [0.1, 0.15) is 0 Å². The van der Waals surface area contributed by atoms with Crippen molar-refractivity contribution in [2.24, 2.45) is 5.73 Å². The first-order valence-corrected chi connectivity index (χ1v) is 6.47. The lowest BCUT2D eigenvalue weighted by Gasteiger charge is -2.26. The molecule has 1 aromatic carbocycles. The predicted molar refractivity (Wildman–Crippen MR) is 76.0 cm³/mol. The number of nitrogens with one attached hydrogen (secondary N) is 1. The van der Waals surface area contributed by atoms with Crippen molar-refractivity contribution in [3.05, 3.63) is 34.9 Å². The SMILES string of the molecule is Cc1ccc(C(=O)N2CCNC(=O)C2)cc1C#CCN. The second-order valence-electron chi connectivity index (χ2n) is 4.61. The average Bonchev–Trinajstić information content (AvgIpc) is 2.45. The molecule has 0 unspecified atom stereocenters. The van der Waals surface area contributed by atoms with Crippen molar-refractivity contribution >= 4 is 11.8 Å². The number of benzene rings is 1. The Balaban J connectivity index is 2.23. The number of hydrogen-bond donors (Lipinski definition) is 2. The Hall–Kier alpha value is -2.32. The van der Waals surface area contributed by atoms with Gasteiger partial charge in [-0.1, -0.05) is 17.9 Å². The molecule has 5 heteroatoms. The minimum Gasteiger partial charge on any atom is -0.353 e. The van der Waals surface area contributed by atoms with Crippen LogP contribution in [-0.2, 0) is 4.79 Å². The van der Waals surface area contributed by atoms with Gasteiger partial charge in [0.25, 0.3) is 5.91 Å². The fourth-order valence-corrected chi connectivity index (χ4v) is 2.03. The van der Waals surface area contributed by atoms with E-state index in [1.54, 1.807) is 17.0 Å². The Morgan fingerprint density at radius 1 is 1.50 bits per heavy atom. The van der Waals surface area contributed by atoms with Crippen molar-refractivity contribution in [1.29, 1.82) is 0 Å². The second-order valence-corrected chi connectivity index (χ2v) is 4.61. The molecule has 1 aromatic rings. The standard InChI is InChI=1S/C15H17N3O2/c1-11-4-5-13(9-12(11)3-2-6-16)15(20)18-8-7-17-14(19)10-18/h4-5,9H,6-8,10,16H2,1H3,(H,17,19). The molecule has 0 aliphatic carbocycles. The highest BCUT2D eigenvalue weighted by Gasteiger charge is 2.22. The number of rotatable bonds is 1. The van der Waals surface area contributed by atoms with E-state index in [0.29, 0.717) is 18.7 Å². The van der Waals surface area contributed by atoms with E-state index in [9.17, 15) is 9.59 Å². The number of carbonyl (C=O) groups is 2. The number of piperazine rings is 1. The van der Waals surface area contributed by atoms with Crippen LogP contribution in [0.25, 0.3) is 0 Å². The molecule has 0 radical (unpaired) electrons. The smallest absolute Gasteiger partial charge is 0.254 e.